The van der Waals surface area contributed by atoms with E-state index in [2.05, 4.69) is 9.55 Å². The molecule has 3 N–H and O–H groups in total. The molecule has 1 atom stereocenters. The Kier molecular flexibility index (Phi) is 2.16. The van der Waals surface area contributed by atoms with Gasteiger partial charge in [0.1, 0.15) is 6.04 Å². The van der Waals surface area contributed by atoms with Gasteiger partial charge in [-0.3, -0.25) is 4.79 Å². The molecule has 0 bridgehead atoms. The van der Waals surface area contributed by atoms with Gasteiger partial charge in [0.15, 0.2) is 0 Å². The Hall–Kier alpha value is -1.88. The van der Waals surface area contributed by atoms with Crippen LogP contribution in [-0.4, -0.2) is 20.6 Å². The van der Waals surface area contributed by atoms with Crippen LogP contribution in [0.15, 0.2) is 24.5 Å². The number of nitrogens with zero attached hydrogens (tertiary/aromatic N) is 2. The fraction of sp³-hybridized carbons (Fsp3) is 0.333. The van der Waals surface area contributed by atoms with E-state index in [0.717, 1.165) is 11.0 Å². The minimum absolute atomic E-state index is 0.524. The van der Waals surface area contributed by atoms with Crippen molar-refractivity contribution in [2.45, 2.75) is 24.9 Å². The molecule has 1 heterocycles. The molecular weight excluding hydrogens is 218 g/mol. The van der Waals surface area contributed by atoms with Crippen molar-refractivity contribution in [3.8, 4) is 0 Å². The molecule has 1 aromatic heterocycles. The van der Waals surface area contributed by atoms with Crippen LogP contribution in [0.1, 0.15) is 30.5 Å². The molecule has 0 amide bonds. The van der Waals surface area contributed by atoms with Gasteiger partial charge < -0.3 is 15.4 Å². The van der Waals surface area contributed by atoms with Crippen LogP contribution in [-0.2, 0) is 4.79 Å². The van der Waals surface area contributed by atoms with Crippen LogP contribution in [0.5, 0.6) is 0 Å². The molecule has 5 heteroatoms. The molecule has 0 radical (unpaired) electrons. The summed E-state index contributed by atoms with van der Waals surface area (Å²) >= 11 is 0. The van der Waals surface area contributed by atoms with E-state index >= 15 is 0 Å². The van der Waals surface area contributed by atoms with Gasteiger partial charge in [-0.05, 0) is 30.5 Å². The molecule has 3 rings (SSSR count). The minimum atomic E-state index is -1.01. The van der Waals surface area contributed by atoms with Gasteiger partial charge in [-0.15, -0.1) is 0 Å². The normalized spacial score (nSPS) is 17.2. The van der Waals surface area contributed by atoms with Crippen molar-refractivity contribution in [2.75, 3.05) is 0 Å². The van der Waals surface area contributed by atoms with Crippen LogP contribution in [0.2, 0.25) is 0 Å². The van der Waals surface area contributed by atoms with Crippen molar-refractivity contribution < 1.29 is 9.90 Å². The molecule has 1 fully saturated rings. The van der Waals surface area contributed by atoms with Gasteiger partial charge in [-0.25, -0.2) is 4.98 Å². The SMILES string of the molecule is NC(C(=O)O)c1ccc2ncn(C3CC3)c2c1. The van der Waals surface area contributed by atoms with Gasteiger partial charge in [0.2, 0.25) is 0 Å². The van der Waals surface area contributed by atoms with E-state index in [4.69, 9.17) is 10.8 Å². The van der Waals surface area contributed by atoms with E-state index in [1.54, 1.807) is 6.07 Å². The van der Waals surface area contributed by atoms with Gasteiger partial charge in [0.25, 0.3) is 0 Å². The van der Waals surface area contributed by atoms with E-state index < -0.39 is 12.0 Å². The zero-order valence-corrected chi connectivity index (χ0v) is 9.21. The van der Waals surface area contributed by atoms with Crippen LogP contribution in [0.25, 0.3) is 11.0 Å². The van der Waals surface area contributed by atoms with Crippen LogP contribution in [0, 0.1) is 0 Å². The van der Waals surface area contributed by atoms with Crippen LogP contribution in [0.4, 0.5) is 0 Å². The van der Waals surface area contributed by atoms with Gasteiger partial charge in [0, 0.05) is 6.04 Å². The lowest BCUT2D eigenvalue weighted by Gasteiger charge is -2.07. The van der Waals surface area contributed by atoms with Crippen LogP contribution < -0.4 is 5.73 Å². The monoisotopic (exact) mass is 231 g/mol. The highest BCUT2D eigenvalue weighted by Crippen LogP contribution is 2.37. The average molecular weight is 231 g/mol. The number of carbonyl (C=O) groups is 1. The lowest BCUT2D eigenvalue weighted by atomic mass is 10.1. The zero-order valence-electron chi connectivity index (χ0n) is 9.21. The third-order valence-corrected chi connectivity index (χ3v) is 3.16. The van der Waals surface area contributed by atoms with Gasteiger partial charge in [-0.2, -0.15) is 0 Å². The van der Waals surface area contributed by atoms with Crippen molar-refractivity contribution >= 4 is 17.0 Å². The van der Waals surface area contributed by atoms with E-state index in [1.807, 2.05) is 18.5 Å². The predicted molar refractivity (Wildman–Crippen MR) is 62.6 cm³/mol. The summed E-state index contributed by atoms with van der Waals surface area (Å²) in [5, 5.41) is 8.90. The predicted octanol–water partition coefficient (Wildman–Crippen LogP) is 1.46. The largest absolute Gasteiger partial charge is 0.480 e. The molecule has 1 aromatic carbocycles. The van der Waals surface area contributed by atoms with Gasteiger partial charge in [0.05, 0.1) is 17.4 Å². The van der Waals surface area contributed by atoms with Crippen molar-refractivity contribution in [1.82, 2.24) is 9.55 Å². The number of fused-ring (bicyclic) bond motifs is 1. The molecule has 1 aliphatic carbocycles. The number of hydrogen-bond acceptors (Lipinski definition) is 3. The maximum atomic E-state index is 10.9. The van der Waals surface area contributed by atoms with E-state index in [-0.39, 0.29) is 0 Å². The van der Waals surface area contributed by atoms with Gasteiger partial charge >= 0.3 is 5.97 Å². The highest BCUT2D eigenvalue weighted by molar-refractivity contribution is 5.80. The summed E-state index contributed by atoms with van der Waals surface area (Å²) in [5.41, 5.74) is 8.09. The fourth-order valence-corrected chi connectivity index (χ4v) is 2.02. The molecule has 1 saturated carbocycles. The first-order chi connectivity index (χ1) is 8.16. The number of aromatic nitrogens is 2. The first-order valence-electron chi connectivity index (χ1n) is 5.61. The Bertz CT molecular complexity index is 586. The molecule has 2 aromatic rings. The topological polar surface area (TPSA) is 81.1 Å². The molecule has 0 saturated heterocycles. The van der Waals surface area contributed by atoms with Crippen LogP contribution in [0.3, 0.4) is 0 Å². The maximum absolute atomic E-state index is 10.9. The van der Waals surface area contributed by atoms with E-state index in [1.165, 1.54) is 12.8 Å². The first kappa shape index (κ1) is 10.3. The second-order valence-electron chi connectivity index (χ2n) is 4.45. The quantitative estimate of drug-likeness (QED) is 0.837. The summed E-state index contributed by atoms with van der Waals surface area (Å²) in [4.78, 5) is 15.2. The number of carboxylic acid groups (broad SMARTS) is 1. The van der Waals surface area contributed by atoms with Crippen LogP contribution >= 0.6 is 0 Å². The molecule has 88 valence electrons. The summed E-state index contributed by atoms with van der Waals surface area (Å²) in [6.07, 6.45) is 4.15. The Morgan fingerprint density at radius 2 is 2.29 bits per heavy atom. The Morgan fingerprint density at radius 1 is 1.53 bits per heavy atom. The summed E-state index contributed by atoms with van der Waals surface area (Å²) in [7, 11) is 0. The third kappa shape index (κ3) is 1.68. The number of rotatable bonds is 3. The zero-order chi connectivity index (χ0) is 12.0. The molecule has 0 aliphatic heterocycles. The summed E-state index contributed by atoms with van der Waals surface area (Å²) in [6.45, 7) is 0. The second kappa shape index (κ2) is 3.56. The summed E-state index contributed by atoms with van der Waals surface area (Å²) in [6, 6.07) is 4.94. The maximum Gasteiger partial charge on any atom is 0.325 e. The summed E-state index contributed by atoms with van der Waals surface area (Å²) in [5.74, 6) is -1.01. The van der Waals surface area contributed by atoms with E-state index in [9.17, 15) is 4.79 Å². The molecule has 1 unspecified atom stereocenters. The standard InChI is InChI=1S/C12H13N3O2/c13-11(12(16)17)7-1-4-9-10(5-7)15(6-14-9)8-2-3-8/h1,4-6,8,11H,2-3,13H2,(H,16,17). The lowest BCUT2D eigenvalue weighted by molar-refractivity contribution is -0.138. The Labute approximate surface area is 97.9 Å². The number of imidazole rings is 1. The van der Waals surface area contributed by atoms with Crippen molar-refractivity contribution in [3.63, 3.8) is 0 Å². The fourth-order valence-electron chi connectivity index (χ4n) is 2.02. The van der Waals surface area contributed by atoms with E-state index in [0.29, 0.717) is 11.6 Å². The van der Waals surface area contributed by atoms with Crippen molar-refractivity contribution in [2.24, 2.45) is 5.73 Å². The number of carboxylic acids is 1. The van der Waals surface area contributed by atoms with Crippen molar-refractivity contribution in [3.05, 3.63) is 30.1 Å². The average Bonchev–Trinajstić information content (AvgIpc) is 3.07. The molecule has 0 spiro atoms. The lowest BCUT2D eigenvalue weighted by Crippen LogP contribution is -2.20. The number of benzene rings is 1. The Morgan fingerprint density at radius 3 is 2.94 bits per heavy atom. The molecule has 5 nitrogen and oxygen atoms in total. The summed E-state index contributed by atoms with van der Waals surface area (Å²) < 4.78 is 2.10. The molecular formula is C12H13N3O2. The second-order valence-corrected chi connectivity index (χ2v) is 4.45. The Balaban J connectivity index is 2.09. The third-order valence-electron chi connectivity index (χ3n) is 3.16. The van der Waals surface area contributed by atoms with Crippen molar-refractivity contribution in [1.29, 1.82) is 0 Å². The first-order valence-corrected chi connectivity index (χ1v) is 5.61. The smallest absolute Gasteiger partial charge is 0.325 e. The number of aliphatic carboxylic acids is 1. The number of nitrogens with two attached hydrogens (primary N) is 1. The highest BCUT2D eigenvalue weighted by Gasteiger charge is 2.25. The molecule has 1 aliphatic rings. The highest BCUT2D eigenvalue weighted by atomic mass is 16.4. The van der Waals surface area contributed by atoms with Gasteiger partial charge in [-0.1, -0.05) is 6.07 Å². The minimum Gasteiger partial charge on any atom is -0.480 e. The number of hydrogen-bond donors (Lipinski definition) is 2. The molecule has 17 heavy (non-hydrogen) atoms.